The van der Waals surface area contributed by atoms with E-state index < -0.39 is 0 Å². The van der Waals surface area contributed by atoms with Crippen LogP contribution in [0.25, 0.3) is 73.0 Å². The van der Waals surface area contributed by atoms with Gasteiger partial charge < -0.3 is 0 Å². The largest absolute Gasteiger partial charge is 0.228 e. The number of nitrogens with zero attached hydrogens (tertiary/aromatic N) is 2. The van der Waals surface area contributed by atoms with Gasteiger partial charge >= 0.3 is 0 Å². The summed E-state index contributed by atoms with van der Waals surface area (Å²) in [6, 6.07) is 66.6. The Bertz CT molecular complexity index is 3100. The Labute approximate surface area is 336 Å². The van der Waals surface area contributed by atoms with Gasteiger partial charge in [0.25, 0.3) is 0 Å². The molecule has 266 valence electrons. The van der Waals surface area contributed by atoms with Gasteiger partial charge in [0.15, 0.2) is 5.82 Å². The average molecular weight is 743 g/mol. The molecule has 9 aromatic rings. The lowest BCUT2D eigenvalue weighted by molar-refractivity contribution is 0.722. The zero-order valence-electron chi connectivity index (χ0n) is 31.0. The van der Waals surface area contributed by atoms with Crippen LogP contribution in [0.5, 0.6) is 0 Å². The average Bonchev–Trinajstić information content (AvgIpc) is 3.57. The molecule has 3 aliphatic rings. The number of fused-ring (bicyclic) bond motifs is 9. The molecule has 0 bridgehead atoms. The van der Waals surface area contributed by atoms with E-state index in [-0.39, 0.29) is 5.41 Å². The van der Waals surface area contributed by atoms with Crippen LogP contribution < -0.4 is 0 Å². The fourth-order valence-electron chi connectivity index (χ4n) is 9.66. The molecule has 0 unspecified atom stereocenters. The molecule has 57 heavy (non-hydrogen) atoms. The molecule has 1 aromatic heterocycles. The highest BCUT2D eigenvalue weighted by Crippen LogP contribution is 2.62. The first-order valence-corrected chi connectivity index (χ1v) is 20.4. The summed E-state index contributed by atoms with van der Waals surface area (Å²) in [6.45, 7) is 0. The van der Waals surface area contributed by atoms with Crippen LogP contribution in [0.15, 0.2) is 198 Å². The molecule has 0 saturated heterocycles. The second kappa shape index (κ2) is 12.6. The van der Waals surface area contributed by atoms with Crippen molar-refractivity contribution in [2.75, 3.05) is 0 Å². The number of rotatable bonds is 4. The van der Waals surface area contributed by atoms with E-state index in [9.17, 15) is 0 Å². The standard InChI is InChI=1S/C54H34N2S/c1-2-13-34(14-3-1)48-33-49(41-30-38-18-10-15-35-16-11-19-39(31-41)52(35)38)56-53(55-48)40-20-12-17-36(29-40)37-27-28-47-51(32-37)57-50-26-9-8-25-46(50)54(47)44-23-6-4-21-42(44)43-22-5-7-24-45(43)54/h1-15,17-33H,16H2. The smallest absolute Gasteiger partial charge is 0.160 e. The minimum absolute atomic E-state index is 0.383. The Morgan fingerprint density at radius 2 is 1.09 bits per heavy atom. The monoisotopic (exact) mass is 742 g/mol. The maximum atomic E-state index is 5.30. The van der Waals surface area contributed by atoms with E-state index >= 15 is 0 Å². The van der Waals surface area contributed by atoms with Crippen LogP contribution in [-0.4, -0.2) is 9.97 Å². The third-order valence-electron chi connectivity index (χ3n) is 12.1. The number of hydrogen-bond acceptors (Lipinski definition) is 3. The van der Waals surface area contributed by atoms with Crippen molar-refractivity contribution in [1.29, 1.82) is 0 Å². The quantitative estimate of drug-likeness (QED) is 0.180. The molecule has 0 N–H and O–H groups in total. The second-order valence-electron chi connectivity index (χ2n) is 15.2. The van der Waals surface area contributed by atoms with Crippen molar-refractivity contribution >= 4 is 28.6 Å². The predicted molar refractivity (Wildman–Crippen MR) is 235 cm³/mol. The molecular weight excluding hydrogens is 709 g/mol. The Balaban J connectivity index is 1.00. The van der Waals surface area contributed by atoms with Gasteiger partial charge in [-0.25, -0.2) is 9.97 Å². The molecule has 3 heteroatoms. The summed E-state index contributed by atoms with van der Waals surface area (Å²) >= 11 is 1.88. The number of aromatic nitrogens is 2. The minimum atomic E-state index is -0.383. The summed E-state index contributed by atoms with van der Waals surface area (Å²) in [7, 11) is 0. The van der Waals surface area contributed by atoms with Gasteiger partial charge in [0.05, 0.1) is 16.8 Å². The van der Waals surface area contributed by atoms with Gasteiger partial charge in [-0.3, -0.25) is 0 Å². The summed E-state index contributed by atoms with van der Waals surface area (Å²) in [5.41, 5.74) is 17.6. The topological polar surface area (TPSA) is 25.8 Å². The van der Waals surface area contributed by atoms with Gasteiger partial charge in [-0.2, -0.15) is 0 Å². The first kappa shape index (κ1) is 32.4. The van der Waals surface area contributed by atoms with Gasteiger partial charge in [0.1, 0.15) is 0 Å². The molecule has 1 spiro atoms. The number of hydrogen-bond donors (Lipinski definition) is 0. The fraction of sp³-hybridized carbons (Fsp3) is 0.0370. The van der Waals surface area contributed by atoms with Crippen LogP contribution in [-0.2, 0) is 11.8 Å². The van der Waals surface area contributed by atoms with Crippen molar-refractivity contribution in [3.8, 4) is 56.2 Å². The highest BCUT2D eigenvalue weighted by molar-refractivity contribution is 7.99. The van der Waals surface area contributed by atoms with Crippen molar-refractivity contribution in [1.82, 2.24) is 9.97 Å². The highest BCUT2D eigenvalue weighted by atomic mass is 32.2. The molecule has 12 rings (SSSR count). The lowest BCUT2D eigenvalue weighted by Crippen LogP contribution is -2.31. The molecule has 0 saturated carbocycles. The molecule has 1 aliphatic heterocycles. The molecular formula is C54H34N2S. The summed E-state index contributed by atoms with van der Waals surface area (Å²) < 4.78 is 0. The van der Waals surface area contributed by atoms with E-state index in [2.05, 4.69) is 194 Å². The Morgan fingerprint density at radius 3 is 1.91 bits per heavy atom. The van der Waals surface area contributed by atoms with E-state index in [1.54, 1.807) is 0 Å². The molecule has 0 radical (unpaired) electrons. The maximum absolute atomic E-state index is 5.30. The molecule has 0 fully saturated rings. The minimum Gasteiger partial charge on any atom is -0.228 e. The number of benzene rings is 8. The van der Waals surface area contributed by atoms with Gasteiger partial charge in [-0.05, 0) is 109 Å². The van der Waals surface area contributed by atoms with Crippen molar-refractivity contribution in [3.63, 3.8) is 0 Å². The molecule has 2 nitrogen and oxygen atoms in total. The van der Waals surface area contributed by atoms with Gasteiger partial charge in [-0.15, -0.1) is 0 Å². The second-order valence-corrected chi connectivity index (χ2v) is 16.3. The first-order valence-electron chi connectivity index (χ1n) is 19.6. The lowest BCUT2D eigenvalue weighted by Gasteiger charge is -2.39. The lowest BCUT2D eigenvalue weighted by atomic mass is 9.67. The van der Waals surface area contributed by atoms with Crippen LogP contribution in [0.2, 0.25) is 0 Å². The van der Waals surface area contributed by atoms with Crippen LogP contribution in [0, 0.1) is 0 Å². The summed E-state index contributed by atoms with van der Waals surface area (Å²) in [5.74, 6) is 0.714. The van der Waals surface area contributed by atoms with Crippen LogP contribution in [0.3, 0.4) is 0 Å². The Morgan fingerprint density at radius 1 is 0.439 bits per heavy atom. The SMILES string of the molecule is C1=Cc2cc(-c3cc(-c4ccccc4)nc(-c4cccc(-c5ccc6c(c5)Sc5ccccc5C65c6ccccc6-c6ccccc65)c4)n3)cc3cccc(c23)C1. The summed E-state index contributed by atoms with van der Waals surface area (Å²) in [5, 5.41) is 2.58. The zero-order chi connectivity index (χ0) is 37.5. The molecule has 2 aliphatic carbocycles. The highest BCUT2D eigenvalue weighted by Gasteiger charge is 2.50. The molecule has 0 amide bonds. The summed E-state index contributed by atoms with van der Waals surface area (Å²) in [4.78, 5) is 13.1. The molecule has 2 heterocycles. The predicted octanol–water partition coefficient (Wildman–Crippen LogP) is 13.7. The van der Waals surface area contributed by atoms with E-state index in [4.69, 9.17) is 9.97 Å². The van der Waals surface area contributed by atoms with Crippen molar-refractivity contribution in [3.05, 3.63) is 221 Å². The number of allylic oxidation sites excluding steroid dienone is 1. The first-order chi connectivity index (χ1) is 28.2. The Hall–Kier alpha value is -6.81. The Kier molecular flexibility index (Phi) is 7.17. The fourth-order valence-corrected chi connectivity index (χ4v) is 10.9. The van der Waals surface area contributed by atoms with Crippen molar-refractivity contribution in [2.24, 2.45) is 0 Å². The molecule has 0 atom stereocenters. The molecule has 8 aromatic carbocycles. The van der Waals surface area contributed by atoms with Gasteiger partial charge in [0, 0.05) is 26.5 Å². The normalized spacial score (nSPS) is 13.9. The summed E-state index contributed by atoms with van der Waals surface area (Å²) in [6.07, 6.45) is 5.48. The third-order valence-corrected chi connectivity index (χ3v) is 13.3. The van der Waals surface area contributed by atoms with Crippen LogP contribution >= 0.6 is 11.8 Å². The van der Waals surface area contributed by atoms with E-state index in [0.29, 0.717) is 5.82 Å². The van der Waals surface area contributed by atoms with Gasteiger partial charge in [-0.1, -0.05) is 170 Å². The van der Waals surface area contributed by atoms with E-state index in [1.807, 2.05) is 11.8 Å². The van der Waals surface area contributed by atoms with Crippen molar-refractivity contribution < 1.29 is 0 Å². The third kappa shape index (κ3) is 4.92. The van der Waals surface area contributed by atoms with Crippen LogP contribution in [0.1, 0.15) is 33.4 Å². The van der Waals surface area contributed by atoms with E-state index in [0.717, 1.165) is 40.1 Å². The van der Waals surface area contributed by atoms with Crippen LogP contribution in [0.4, 0.5) is 0 Å². The van der Waals surface area contributed by atoms with Gasteiger partial charge in [0.2, 0.25) is 0 Å². The zero-order valence-corrected chi connectivity index (χ0v) is 31.8. The van der Waals surface area contributed by atoms with Crippen molar-refractivity contribution in [2.45, 2.75) is 21.6 Å². The van der Waals surface area contributed by atoms with E-state index in [1.165, 1.54) is 70.6 Å². The maximum Gasteiger partial charge on any atom is 0.160 e.